The van der Waals surface area contributed by atoms with Crippen LogP contribution in [0.1, 0.15) is 25.1 Å². The smallest absolute Gasteiger partial charge is 0.130 e. The van der Waals surface area contributed by atoms with Gasteiger partial charge in [0.25, 0.3) is 0 Å². The molecule has 1 saturated heterocycles. The third-order valence-electron chi connectivity index (χ3n) is 2.98. The van der Waals surface area contributed by atoms with Gasteiger partial charge in [-0.2, -0.15) is 5.10 Å². The standard InChI is InChI=1S/C11H18BrN3/c1-8-9(5-12)10(14(4)13-8)15-6-11(2,3)7-15/h5-7H2,1-4H3. The third-order valence-corrected chi connectivity index (χ3v) is 3.54. The number of hydrogen-bond donors (Lipinski definition) is 0. The lowest BCUT2D eigenvalue weighted by Gasteiger charge is -2.47. The molecule has 0 bridgehead atoms. The van der Waals surface area contributed by atoms with Gasteiger partial charge in [-0.05, 0) is 12.3 Å². The molecule has 0 spiro atoms. The van der Waals surface area contributed by atoms with E-state index in [2.05, 4.69) is 46.7 Å². The molecule has 3 nitrogen and oxygen atoms in total. The first-order valence-electron chi connectivity index (χ1n) is 5.28. The Morgan fingerprint density at radius 2 is 2.00 bits per heavy atom. The average molecular weight is 272 g/mol. The van der Waals surface area contributed by atoms with E-state index in [1.807, 2.05) is 11.7 Å². The lowest BCUT2D eigenvalue weighted by molar-refractivity contribution is 0.272. The molecule has 2 rings (SSSR count). The zero-order valence-electron chi connectivity index (χ0n) is 9.84. The van der Waals surface area contributed by atoms with Gasteiger partial charge in [-0.25, -0.2) is 0 Å². The normalized spacial score (nSPS) is 19.1. The van der Waals surface area contributed by atoms with E-state index in [0.717, 1.165) is 24.1 Å². The quantitative estimate of drug-likeness (QED) is 0.771. The lowest BCUT2D eigenvalue weighted by Crippen LogP contribution is -2.54. The molecule has 0 atom stereocenters. The van der Waals surface area contributed by atoms with Crippen LogP contribution in [0.25, 0.3) is 0 Å². The van der Waals surface area contributed by atoms with Crippen molar-refractivity contribution in [2.75, 3.05) is 18.0 Å². The van der Waals surface area contributed by atoms with Crippen molar-refractivity contribution in [3.63, 3.8) is 0 Å². The summed E-state index contributed by atoms with van der Waals surface area (Å²) in [5.74, 6) is 1.28. The first-order chi connectivity index (χ1) is 6.94. The van der Waals surface area contributed by atoms with Gasteiger partial charge >= 0.3 is 0 Å². The van der Waals surface area contributed by atoms with Crippen LogP contribution in [0.15, 0.2) is 0 Å². The molecule has 0 unspecified atom stereocenters. The fourth-order valence-electron chi connectivity index (χ4n) is 2.38. The summed E-state index contributed by atoms with van der Waals surface area (Å²) in [6, 6.07) is 0. The molecule has 0 amide bonds. The van der Waals surface area contributed by atoms with Crippen LogP contribution in [0.3, 0.4) is 0 Å². The summed E-state index contributed by atoms with van der Waals surface area (Å²) < 4.78 is 2.00. The minimum absolute atomic E-state index is 0.460. The lowest BCUT2D eigenvalue weighted by atomic mass is 9.84. The van der Waals surface area contributed by atoms with E-state index in [-0.39, 0.29) is 0 Å². The molecule has 1 aliphatic heterocycles. The Bertz CT molecular complexity index is 373. The molecule has 1 aromatic heterocycles. The van der Waals surface area contributed by atoms with Gasteiger partial charge < -0.3 is 4.90 Å². The summed E-state index contributed by atoms with van der Waals surface area (Å²) in [7, 11) is 2.03. The zero-order chi connectivity index (χ0) is 11.2. The molecule has 4 heteroatoms. The predicted octanol–water partition coefficient (Wildman–Crippen LogP) is 2.47. The van der Waals surface area contributed by atoms with Gasteiger partial charge in [0.15, 0.2) is 0 Å². The SMILES string of the molecule is Cc1nn(C)c(N2CC(C)(C)C2)c1CBr. The van der Waals surface area contributed by atoms with Crippen LogP contribution in [0, 0.1) is 12.3 Å². The second-order valence-corrected chi connectivity index (χ2v) is 5.73. The summed E-state index contributed by atoms with van der Waals surface area (Å²) in [5.41, 5.74) is 2.92. The summed E-state index contributed by atoms with van der Waals surface area (Å²) in [6.45, 7) is 8.95. The predicted molar refractivity (Wildman–Crippen MR) is 66.6 cm³/mol. The van der Waals surface area contributed by atoms with Crippen LogP contribution >= 0.6 is 15.9 Å². The van der Waals surface area contributed by atoms with Crippen molar-refractivity contribution < 1.29 is 0 Å². The molecular formula is C11H18BrN3. The first-order valence-corrected chi connectivity index (χ1v) is 6.40. The van der Waals surface area contributed by atoms with Crippen molar-refractivity contribution in [2.24, 2.45) is 12.5 Å². The Balaban J connectivity index is 2.29. The van der Waals surface area contributed by atoms with Gasteiger partial charge in [-0.1, -0.05) is 29.8 Å². The number of halogens is 1. The van der Waals surface area contributed by atoms with Gasteiger partial charge in [0.1, 0.15) is 5.82 Å². The molecule has 0 saturated carbocycles. The van der Waals surface area contributed by atoms with Crippen LogP contribution in [0.4, 0.5) is 5.82 Å². The molecule has 1 aromatic rings. The van der Waals surface area contributed by atoms with E-state index in [1.54, 1.807) is 0 Å². The van der Waals surface area contributed by atoms with E-state index in [1.165, 1.54) is 11.4 Å². The van der Waals surface area contributed by atoms with Crippen molar-refractivity contribution in [1.29, 1.82) is 0 Å². The third kappa shape index (κ3) is 1.80. The highest BCUT2D eigenvalue weighted by molar-refractivity contribution is 9.08. The van der Waals surface area contributed by atoms with Gasteiger partial charge in [0.2, 0.25) is 0 Å². The van der Waals surface area contributed by atoms with Gasteiger partial charge in [-0.15, -0.1) is 0 Å². The number of rotatable bonds is 2. The highest BCUT2D eigenvalue weighted by Gasteiger charge is 2.36. The summed E-state index contributed by atoms with van der Waals surface area (Å²) in [4.78, 5) is 2.41. The number of hydrogen-bond acceptors (Lipinski definition) is 2. The van der Waals surface area contributed by atoms with Crippen LogP contribution in [-0.2, 0) is 12.4 Å². The molecule has 0 N–H and O–H groups in total. The molecule has 1 fully saturated rings. The number of aryl methyl sites for hydroxylation is 2. The maximum absolute atomic E-state index is 4.48. The second kappa shape index (κ2) is 3.51. The van der Waals surface area contributed by atoms with Crippen LogP contribution in [0.2, 0.25) is 0 Å². The van der Waals surface area contributed by atoms with Crippen molar-refractivity contribution in [2.45, 2.75) is 26.1 Å². The van der Waals surface area contributed by atoms with Gasteiger partial charge in [-0.3, -0.25) is 4.68 Å². The number of aromatic nitrogens is 2. The summed E-state index contributed by atoms with van der Waals surface area (Å²) >= 11 is 3.54. The maximum Gasteiger partial charge on any atom is 0.130 e. The van der Waals surface area contributed by atoms with Crippen LogP contribution in [0.5, 0.6) is 0 Å². The highest BCUT2D eigenvalue weighted by atomic mass is 79.9. The van der Waals surface area contributed by atoms with E-state index in [0.29, 0.717) is 5.41 Å². The molecule has 0 radical (unpaired) electrons. The fraction of sp³-hybridized carbons (Fsp3) is 0.727. The second-order valence-electron chi connectivity index (χ2n) is 5.17. The Labute approximate surface area is 99.6 Å². The Morgan fingerprint density at radius 1 is 1.40 bits per heavy atom. The molecule has 0 aliphatic carbocycles. The van der Waals surface area contributed by atoms with Gasteiger partial charge in [0.05, 0.1) is 5.69 Å². The Kier molecular flexibility index (Phi) is 2.57. The molecule has 0 aromatic carbocycles. The minimum Gasteiger partial charge on any atom is -0.355 e. The van der Waals surface area contributed by atoms with E-state index >= 15 is 0 Å². The summed E-state index contributed by atoms with van der Waals surface area (Å²) in [6.07, 6.45) is 0. The van der Waals surface area contributed by atoms with Crippen LogP contribution < -0.4 is 4.90 Å². The van der Waals surface area contributed by atoms with Gasteiger partial charge in [0, 0.05) is 31.0 Å². The Morgan fingerprint density at radius 3 is 2.47 bits per heavy atom. The molecule has 84 valence electrons. The van der Waals surface area contributed by atoms with E-state index < -0.39 is 0 Å². The monoisotopic (exact) mass is 271 g/mol. The molecule has 2 heterocycles. The number of nitrogens with zero attached hydrogens (tertiary/aromatic N) is 3. The largest absolute Gasteiger partial charge is 0.355 e. The van der Waals surface area contributed by atoms with E-state index in [4.69, 9.17) is 0 Å². The van der Waals surface area contributed by atoms with Crippen molar-refractivity contribution in [3.05, 3.63) is 11.3 Å². The maximum atomic E-state index is 4.48. The number of anilines is 1. The van der Waals surface area contributed by atoms with E-state index in [9.17, 15) is 0 Å². The highest BCUT2D eigenvalue weighted by Crippen LogP contribution is 2.36. The summed E-state index contributed by atoms with van der Waals surface area (Å²) in [5, 5.41) is 5.37. The average Bonchev–Trinajstić information content (AvgIpc) is 2.35. The molecular weight excluding hydrogens is 254 g/mol. The zero-order valence-corrected chi connectivity index (χ0v) is 11.4. The Hall–Kier alpha value is -0.510. The molecule has 1 aliphatic rings. The fourth-order valence-corrected chi connectivity index (χ4v) is 3.04. The topological polar surface area (TPSA) is 21.1 Å². The van der Waals surface area contributed by atoms with Crippen molar-refractivity contribution in [3.8, 4) is 0 Å². The van der Waals surface area contributed by atoms with Crippen molar-refractivity contribution >= 4 is 21.7 Å². The van der Waals surface area contributed by atoms with Crippen molar-refractivity contribution in [1.82, 2.24) is 9.78 Å². The number of alkyl halides is 1. The first kappa shape index (κ1) is 11.0. The molecule has 15 heavy (non-hydrogen) atoms. The minimum atomic E-state index is 0.460. The van der Waals surface area contributed by atoms with Crippen LogP contribution in [-0.4, -0.2) is 22.9 Å².